The summed E-state index contributed by atoms with van der Waals surface area (Å²) in [4.78, 5) is 11.9. The van der Waals surface area contributed by atoms with Crippen LogP contribution in [0, 0.1) is 9.49 Å². The van der Waals surface area contributed by atoms with Crippen molar-refractivity contribution in [2.75, 3.05) is 5.32 Å². The number of carbonyl (C=O) groups excluding carboxylic acids is 1. The molecule has 0 aliphatic heterocycles. The second-order valence-corrected chi connectivity index (χ2v) is 6.51. The minimum absolute atomic E-state index is 0.0748. The van der Waals surface area contributed by atoms with E-state index in [1.807, 2.05) is 18.2 Å². The zero-order valence-corrected chi connectivity index (χ0v) is 13.1. The zero-order chi connectivity index (χ0) is 13.0. The first-order valence-corrected chi connectivity index (χ1v) is 7.86. The number of halogens is 2. The Kier molecular flexibility index (Phi) is 5.30. The Morgan fingerprint density at radius 1 is 1.39 bits per heavy atom. The number of anilines is 1. The number of rotatable bonds is 4. The normalized spacial score (nSPS) is 15.9. The van der Waals surface area contributed by atoms with Crippen molar-refractivity contribution in [2.24, 2.45) is 5.92 Å². The lowest BCUT2D eigenvalue weighted by molar-refractivity contribution is -0.116. The molecular weight excluding hydrogens is 361 g/mol. The molecule has 1 N–H and O–H groups in total. The molecule has 4 heteroatoms. The van der Waals surface area contributed by atoms with E-state index in [2.05, 4.69) is 27.9 Å². The molecule has 0 radical (unpaired) electrons. The molecule has 1 amide bonds. The van der Waals surface area contributed by atoms with Crippen molar-refractivity contribution in [3.63, 3.8) is 0 Å². The van der Waals surface area contributed by atoms with Crippen LogP contribution in [0.25, 0.3) is 0 Å². The summed E-state index contributed by atoms with van der Waals surface area (Å²) in [6.07, 6.45) is 6.85. The fourth-order valence-corrected chi connectivity index (χ4v) is 3.10. The Labute approximate surface area is 127 Å². The third-order valence-corrected chi connectivity index (χ3v) is 4.46. The third-order valence-electron chi connectivity index (χ3n) is 3.46. The molecule has 98 valence electrons. The number of amides is 1. The van der Waals surface area contributed by atoms with Gasteiger partial charge in [-0.2, -0.15) is 0 Å². The van der Waals surface area contributed by atoms with Crippen molar-refractivity contribution in [1.82, 2.24) is 0 Å². The molecule has 0 bridgehead atoms. The lowest BCUT2D eigenvalue weighted by Crippen LogP contribution is -2.13. The highest BCUT2D eigenvalue weighted by Gasteiger charge is 2.16. The van der Waals surface area contributed by atoms with Gasteiger partial charge < -0.3 is 5.32 Å². The van der Waals surface area contributed by atoms with E-state index in [0.29, 0.717) is 11.4 Å². The van der Waals surface area contributed by atoms with Gasteiger partial charge in [-0.05, 0) is 53.1 Å². The molecule has 2 nitrogen and oxygen atoms in total. The van der Waals surface area contributed by atoms with E-state index < -0.39 is 0 Å². The molecule has 18 heavy (non-hydrogen) atoms. The Balaban J connectivity index is 1.84. The quantitative estimate of drug-likeness (QED) is 0.746. The summed E-state index contributed by atoms with van der Waals surface area (Å²) >= 11 is 8.26. The van der Waals surface area contributed by atoms with E-state index in [-0.39, 0.29) is 5.91 Å². The van der Waals surface area contributed by atoms with E-state index in [4.69, 9.17) is 11.6 Å². The molecule has 1 aromatic rings. The van der Waals surface area contributed by atoms with Crippen LogP contribution in [0.4, 0.5) is 5.69 Å². The van der Waals surface area contributed by atoms with Gasteiger partial charge in [0, 0.05) is 9.99 Å². The predicted molar refractivity (Wildman–Crippen MR) is 84.0 cm³/mol. The molecule has 1 aromatic carbocycles. The van der Waals surface area contributed by atoms with Crippen molar-refractivity contribution in [1.29, 1.82) is 0 Å². The smallest absolute Gasteiger partial charge is 0.224 e. The third kappa shape index (κ3) is 4.12. The van der Waals surface area contributed by atoms with E-state index >= 15 is 0 Å². The largest absolute Gasteiger partial charge is 0.325 e. The summed E-state index contributed by atoms with van der Waals surface area (Å²) < 4.78 is 1.07. The lowest BCUT2D eigenvalue weighted by Gasteiger charge is -2.10. The highest BCUT2D eigenvalue weighted by molar-refractivity contribution is 14.1. The molecule has 1 saturated carbocycles. The molecule has 0 spiro atoms. The minimum atomic E-state index is 0.0748. The summed E-state index contributed by atoms with van der Waals surface area (Å²) in [6.45, 7) is 0. The van der Waals surface area contributed by atoms with E-state index in [0.717, 1.165) is 21.6 Å². The fraction of sp³-hybridized carbons (Fsp3) is 0.500. The summed E-state index contributed by atoms with van der Waals surface area (Å²) in [5.74, 6) is 0.827. The van der Waals surface area contributed by atoms with Crippen LogP contribution in [-0.4, -0.2) is 5.91 Å². The number of hydrogen-bond acceptors (Lipinski definition) is 1. The van der Waals surface area contributed by atoms with Crippen molar-refractivity contribution >= 4 is 45.8 Å². The van der Waals surface area contributed by atoms with Gasteiger partial charge in [0.25, 0.3) is 0 Å². The second-order valence-electron chi connectivity index (χ2n) is 4.86. The Bertz CT molecular complexity index is 430. The first-order valence-electron chi connectivity index (χ1n) is 6.40. The summed E-state index contributed by atoms with van der Waals surface area (Å²) in [7, 11) is 0. The molecule has 0 saturated heterocycles. The second kappa shape index (κ2) is 6.75. The zero-order valence-electron chi connectivity index (χ0n) is 10.2. The SMILES string of the molecule is O=C(CCC1CCCC1)Nc1cc(I)ccc1Cl. The van der Waals surface area contributed by atoms with Gasteiger partial charge >= 0.3 is 0 Å². The van der Waals surface area contributed by atoms with E-state index in [1.54, 1.807) is 0 Å². The van der Waals surface area contributed by atoms with Crippen LogP contribution in [0.5, 0.6) is 0 Å². The van der Waals surface area contributed by atoms with Gasteiger partial charge in [0.1, 0.15) is 0 Å². The van der Waals surface area contributed by atoms with Gasteiger partial charge in [0.15, 0.2) is 0 Å². The minimum Gasteiger partial charge on any atom is -0.325 e. The molecule has 1 aliphatic rings. The Morgan fingerprint density at radius 3 is 2.83 bits per heavy atom. The van der Waals surface area contributed by atoms with Crippen molar-refractivity contribution in [2.45, 2.75) is 38.5 Å². The van der Waals surface area contributed by atoms with Crippen LogP contribution >= 0.6 is 34.2 Å². The number of benzene rings is 1. The first-order chi connectivity index (χ1) is 8.65. The average molecular weight is 378 g/mol. The van der Waals surface area contributed by atoms with Gasteiger partial charge in [-0.15, -0.1) is 0 Å². The van der Waals surface area contributed by atoms with Gasteiger partial charge in [-0.25, -0.2) is 0 Å². The molecule has 1 fully saturated rings. The summed E-state index contributed by atoms with van der Waals surface area (Å²) in [5.41, 5.74) is 0.722. The van der Waals surface area contributed by atoms with E-state index in [1.165, 1.54) is 25.7 Å². The monoisotopic (exact) mass is 377 g/mol. The Hall–Kier alpha value is -0.290. The molecule has 0 atom stereocenters. The molecule has 0 unspecified atom stereocenters. The number of nitrogens with one attached hydrogen (secondary N) is 1. The molecule has 1 aliphatic carbocycles. The van der Waals surface area contributed by atoms with Crippen LogP contribution in [0.2, 0.25) is 5.02 Å². The van der Waals surface area contributed by atoms with Crippen molar-refractivity contribution in [3.05, 3.63) is 26.8 Å². The van der Waals surface area contributed by atoms with Crippen LogP contribution in [0.15, 0.2) is 18.2 Å². The maximum atomic E-state index is 11.9. The van der Waals surface area contributed by atoms with Crippen LogP contribution in [0.1, 0.15) is 38.5 Å². The predicted octanol–water partition coefficient (Wildman–Crippen LogP) is 4.85. The van der Waals surface area contributed by atoms with Crippen molar-refractivity contribution < 1.29 is 4.79 Å². The van der Waals surface area contributed by atoms with Gasteiger partial charge in [0.05, 0.1) is 10.7 Å². The highest BCUT2D eigenvalue weighted by atomic mass is 127. The van der Waals surface area contributed by atoms with Crippen LogP contribution in [0.3, 0.4) is 0 Å². The summed E-state index contributed by atoms with van der Waals surface area (Å²) in [5, 5.41) is 3.50. The molecular formula is C14H17ClINO. The molecule has 0 heterocycles. The first kappa shape index (κ1) is 14.1. The Morgan fingerprint density at radius 2 is 2.11 bits per heavy atom. The average Bonchev–Trinajstić information content (AvgIpc) is 2.84. The van der Waals surface area contributed by atoms with Gasteiger partial charge in [-0.3, -0.25) is 4.79 Å². The van der Waals surface area contributed by atoms with Gasteiger partial charge in [0.2, 0.25) is 5.91 Å². The highest BCUT2D eigenvalue weighted by Crippen LogP contribution is 2.29. The van der Waals surface area contributed by atoms with Crippen molar-refractivity contribution in [3.8, 4) is 0 Å². The molecule has 2 rings (SSSR count). The molecule has 0 aromatic heterocycles. The topological polar surface area (TPSA) is 29.1 Å². The fourth-order valence-electron chi connectivity index (χ4n) is 2.44. The summed E-state index contributed by atoms with van der Waals surface area (Å²) in [6, 6.07) is 5.64. The standard InChI is InChI=1S/C14H17ClINO/c15-12-7-6-11(16)9-13(12)17-14(18)8-5-10-3-1-2-4-10/h6-7,9-10H,1-5,8H2,(H,17,18). The maximum absolute atomic E-state index is 11.9. The van der Waals surface area contributed by atoms with Gasteiger partial charge in [-0.1, -0.05) is 37.3 Å². The van der Waals surface area contributed by atoms with E-state index in [9.17, 15) is 4.79 Å². The number of carbonyl (C=O) groups is 1. The lowest BCUT2D eigenvalue weighted by atomic mass is 10.0. The maximum Gasteiger partial charge on any atom is 0.224 e. The van der Waals surface area contributed by atoms with Crippen LogP contribution in [-0.2, 0) is 4.79 Å². The van der Waals surface area contributed by atoms with Crippen LogP contribution < -0.4 is 5.32 Å². The number of hydrogen-bond donors (Lipinski definition) is 1.